The molecular formula is C20H21N5OS2. The van der Waals surface area contributed by atoms with Gasteiger partial charge in [-0.2, -0.15) is 10.2 Å². The fourth-order valence-electron chi connectivity index (χ4n) is 3.01. The van der Waals surface area contributed by atoms with E-state index in [4.69, 9.17) is 22.1 Å². The maximum atomic E-state index is 5.58. The summed E-state index contributed by atoms with van der Waals surface area (Å²) in [6, 6.07) is 14.1. The van der Waals surface area contributed by atoms with Gasteiger partial charge in [0.05, 0.1) is 22.9 Å². The van der Waals surface area contributed by atoms with Gasteiger partial charge in [-0.15, -0.1) is 11.3 Å². The van der Waals surface area contributed by atoms with Crippen LogP contribution < -0.4 is 10.7 Å². The third kappa shape index (κ3) is 4.64. The van der Waals surface area contributed by atoms with Crippen molar-refractivity contribution >= 4 is 34.9 Å². The summed E-state index contributed by atoms with van der Waals surface area (Å²) in [5.41, 5.74) is 5.69. The third-order valence-corrected chi connectivity index (χ3v) is 5.51. The number of para-hydroxylation sites is 1. The first-order valence-corrected chi connectivity index (χ1v) is 10.5. The predicted octanol–water partition coefficient (Wildman–Crippen LogP) is 3.58. The minimum absolute atomic E-state index is 0.235. The lowest BCUT2D eigenvalue weighted by Gasteiger charge is -2.11. The number of hydrogen-bond acceptors (Lipinski definition) is 5. The fourth-order valence-corrected chi connectivity index (χ4v) is 3.88. The van der Waals surface area contributed by atoms with Crippen LogP contribution in [0.1, 0.15) is 18.4 Å². The molecule has 1 unspecified atom stereocenters. The van der Waals surface area contributed by atoms with Crippen LogP contribution in [0.15, 0.2) is 59.1 Å². The van der Waals surface area contributed by atoms with Crippen LogP contribution in [0.25, 0.3) is 16.3 Å². The minimum Gasteiger partial charge on any atom is -0.376 e. The van der Waals surface area contributed by atoms with Crippen LogP contribution >= 0.6 is 23.6 Å². The van der Waals surface area contributed by atoms with Gasteiger partial charge in [0.15, 0.2) is 5.11 Å². The molecule has 0 radical (unpaired) electrons. The summed E-state index contributed by atoms with van der Waals surface area (Å²) in [4.78, 5) is 1.09. The molecule has 0 bridgehead atoms. The number of thiophene rings is 1. The van der Waals surface area contributed by atoms with Gasteiger partial charge in [0.2, 0.25) is 0 Å². The van der Waals surface area contributed by atoms with E-state index in [-0.39, 0.29) is 6.10 Å². The summed E-state index contributed by atoms with van der Waals surface area (Å²) in [5.74, 6) is 0. The molecule has 0 aliphatic carbocycles. The maximum absolute atomic E-state index is 5.58. The maximum Gasteiger partial charge on any atom is 0.187 e. The first-order chi connectivity index (χ1) is 13.8. The van der Waals surface area contributed by atoms with Crippen LogP contribution in [0.4, 0.5) is 0 Å². The van der Waals surface area contributed by atoms with Crippen molar-refractivity contribution in [3.63, 3.8) is 0 Å². The standard InChI is InChI=1S/C20H21N5OS2/c27-20(21-13-17-8-4-10-26-17)23-22-12-15-14-25(16-6-2-1-3-7-16)24-19(15)18-9-5-11-28-18/h1-3,5-7,9,11-12,14,17H,4,8,10,13H2,(H2,21,23,27). The van der Waals surface area contributed by atoms with Crippen molar-refractivity contribution in [3.8, 4) is 16.3 Å². The minimum atomic E-state index is 0.235. The third-order valence-electron chi connectivity index (χ3n) is 4.40. The van der Waals surface area contributed by atoms with Gasteiger partial charge in [-0.25, -0.2) is 4.68 Å². The van der Waals surface area contributed by atoms with E-state index >= 15 is 0 Å². The molecule has 2 N–H and O–H groups in total. The summed E-state index contributed by atoms with van der Waals surface area (Å²) in [7, 11) is 0. The number of benzene rings is 1. The summed E-state index contributed by atoms with van der Waals surface area (Å²) in [6.07, 6.45) is 6.14. The number of hydrogen-bond donors (Lipinski definition) is 2. The monoisotopic (exact) mass is 411 g/mol. The summed E-state index contributed by atoms with van der Waals surface area (Å²) >= 11 is 6.94. The van der Waals surface area contributed by atoms with Gasteiger partial charge >= 0.3 is 0 Å². The molecule has 1 fully saturated rings. The Kier molecular flexibility index (Phi) is 6.11. The zero-order valence-corrected chi connectivity index (χ0v) is 16.9. The Bertz CT molecular complexity index is 931. The van der Waals surface area contributed by atoms with Crippen molar-refractivity contribution in [1.29, 1.82) is 0 Å². The van der Waals surface area contributed by atoms with Crippen molar-refractivity contribution in [3.05, 3.63) is 59.6 Å². The molecule has 1 aliphatic heterocycles. The quantitative estimate of drug-likeness (QED) is 0.369. The van der Waals surface area contributed by atoms with Crippen molar-refractivity contribution in [2.24, 2.45) is 5.10 Å². The average Bonchev–Trinajstić information content (AvgIpc) is 3.48. The van der Waals surface area contributed by atoms with Crippen molar-refractivity contribution in [2.75, 3.05) is 13.2 Å². The zero-order chi connectivity index (χ0) is 19.2. The lowest BCUT2D eigenvalue weighted by atomic mass is 10.2. The first-order valence-electron chi connectivity index (χ1n) is 9.17. The molecule has 1 atom stereocenters. The second kappa shape index (κ2) is 9.09. The number of rotatable bonds is 6. The van der Waals surface area contributed by atoms with E-state index in [2.05, 4.69) is 21.9 Å². The highest BCUT2D eigenvalue weighted by Crippen LogP contribution is 2.26. The van der Waals surface area contributed by atoms with E-state index in [9.17, 15) is 0 Å². The molecule has 0 saturated carbocycles. The van der Waals surface area contributed by atoms with Crippen molar-refractivity contribution in [2.45, 2.75) is 18.9 Å². The number of thiocarbonyl (C=S) groups is 1. The van der Waals surface area contributed by atoms with E-state index < -0.39 is 0 Å². The lowest BCUT2D eigenvalue weighted by molar-refractivity contribution is 0.114. The van der Waals surface area contributed by atoms with E-state index in [0.29, 0.717) is 11.7 Å². The van der Waals surface area contributed by atoms with Crippen molar-refractivity contribution < 1.29 is 4.74 Å². The van der Waals surface area contributed by atoms with Gasteiger partial charge in [-0.1, -0.05) is 24.3 Å². The van der Waals surface area contributed by atoms with Crippen LogP contribution in [0, 0.1) is 0 Å². The van der Waals surface area contributed by atoms with Gasteiger partial charge in [-0.05, 0) is 48.6 Å². The summed E-state index contributed by atoms with van der Waals surface area (Å²) < 4.78 is 7.45. The predicted molar refractivity (Wildman–Crippen MR) is 117 cm³/mol. The fraction of sp³-hybridized carbons (Fsp3) is 0.250. The second-order valence-electron chi connectivity index (χ2n) is 6.41. The van der Waals surface area contributed by atoms with Crippen LogP contribution in [0.2, 0.25) is 0 Å². The van der Waals surface area contributed by atoms with Gasteiger partial charge in [0, 0.05) is 24.9 Å². The highest BCUT2D eigenvalue weighted by atomic mass is 32.1. The summed E-state index contributed by atoms with van der Waals surface area (Å²) in [6.45, 7) is 1.54. The number of nitrogens with zero attached hydrogens (tertiary/aromatic N) is 3. The molecule has 6 nitrogen and oxygen atoms in total. The van der Waals surface area contributed by atoms with Crippen LogP contribution in [0.3, 0.4) is 0 Å². The van der Waals surface area contributed by atoms with E-state index in [1.807, 2.05) is 52.7 Å². The molecule has 3 aromatic rings. The van der Waals surface area contributed by atoms with Crippen molar-refractivity contribution in [1.82, 2.24) is 20.5 Å². The van der Waals surface area contributed by atoms with Crippen LogP contribution in [-0.2, 0) is 4.74 Å². The van der Waals surface area contributed by atoms with E-state index in [1.54, 1.807) is 17.6 Å². The molecule has 144 valence electrons. The van der Waals surface area contributed by atoms with Crippen LogP contribution in [-0.4, -0.2) is 40.4 Å². The Labute approximate surface area is 173 Å². The number of aromatic nitrogens is 2. The number of hydrazone groups is 1. The molecule has 0 spiro atoms. The second-order valence-corrected chi connectivity index (χ2v) is 7.76. The Morgan fingerprint density at radius 1 is 1.32 bits per heavy atom. The Hall–Kier alpha value is -2.55. The molecule has 1 aromatic carbocycles. The molecule has 4 rings (SSSR count). The molecule has 8 heteroatoms. The highest BCUT2D eigenvalue weighted by Gasteiger charge is 2.15. The molecule has 3 heterocycles. The Morgan fingerprint density at radius 3 is 2.96 bits per heavy atom. The Morgan fingerprint density at radius 2 is 2.21 bits per heavy atom. The molecule has 2 aromatic heterocycles. The summed E-state index contributed by atoms with van der Waals surface area (Å²) in [5, 5.41) is 14.7. The average molecular weight is 412 g/mol. The van der Waals surface area contributed by atoms with Gasteiger partial charge in [-0.3, -0.25) is 5.43 Å². The van der Waals surface area contributed by atoms with Gasteiger partial charge in [0.25, 0.3) is 0 Å². The van der Waals surface area contributed by atoms with E-state index in [0.717, 1.165) is 41.3 Å². The van der Waals surface area contributed by atoms with Gasteiger partial charge in [0.1, 0.15) is 5.69 Å². The van der Waals surface area contributed by atoms with Crippen LogP contribution in [0.5, 0.6) is 0 Å². The molecule has 0 amide bonds. The largest absolute Gasteiger partial charge is 0.376 e. The lowest BCUT2D eigenvalue weighted by Crippen LogP contribution is -2.37. The molecule has 1 saturated heterocycles. The topological polar surface area (TPSA) is 63.5 Å². The zero-order valence-electron chi connectivity index (χ0n) is 15.2. The van der Waals surface area contributed by atoms with E-state index in [1.165, 1.54) is 0 Å². The number of nitrogens with one attached hydrogen (secondary N) is 2. The first kappa shape index (κ1) is 18.8. The number of ether oxygens (including phenoxy) is 1. The smallest absolute Gasteiger partial charge is 0.187 e. The normalized spacial score (nSPS) is 16.5. The van der Waals surface area contributed by atoms with Gasteiger partial charge < -0.3 is 10.1 Å². The highest BCUT2D eigenvalue weighted by molar-refractivity contribution is 7.80. The SMILES string of the molecule is S=C(NCC1CCCO1)NN=Cc1cn(-c2ccccc2)nc1-c1cccs1. The molecular weight excluding hydrogens is 390 g/mol. The Balaban J connectivity index is 1.46. The molecule has 28 heavy (non-hydrogen) atoms. The molecule has 1 aliphatic rings.